The summed E-state index contributed by atoms with van der Waals surface area (Å²) in [5.41, 5.74) is 2.60. The zero-order valence-corrected chi connectivity index (χ0v) is 14.3. The number of rotatable bonds is 5. The molecule has 1 amide bonds. The highest BCUT2D eigenvalue weighted by molar-refractivity contribution is 5.77. The minimum Gasteiger partial charge on any atom is -0.354 e. The van der Waals surface area contributed by atoms with Gasteiger partial charge in [-0.1, -0.05) is 56.5 Å². The minimum absolute atomic E-state index is 0.0443. The van der Waals surface area contributed by atoms with Crippen molar-refractivity contribution in [2.24, 2.45) is 5.92 Å². The van der Waals surface area contributed by atoms with E-state index in [1.165, 1.54) is 36.8 Å². The van der Waals surface area contributed by atoms with Crippen LogP contribution in [0.15, 0.2) is 24.3 Å². The average Bonchev–Trinajstić information content (AvgIpc) is 2.78. The molecule has 1 aliphatic heterocycles. The quantitative estimate of drug-likeness (QED) is 0.900. The summed E-state index contributed by atoms with van der Waals surface area (Å²) in [6, 6.07) is 9.06. The lowest BCUT2D eigenvalue weighted by atomic mass is 10.0. The third-order valence-electron chi connectivity index (χ3n) is 4.54. The molecular weight excluding hydrogens is 272 g/mol. The van der Waals surface area contributed by atoms with Crippen molar-refractivity contribution < 1.29 is 4.79 Å². The van der Waals surface area contributed by atoms with Crippen molar-refractivity contribution in [2.75, 3.05) is 19.6 Å². The van der Waals surface area contributed by atoms with Crippen LogP contribution in [-0.4, -0.2) is 30.4 Å². The number of aryl methyl sites for hydroxylation is 1. The number of carbonyl (C=O) groups is 1. The van der Waals surface area contributed by atoms with Crippen LogP contribution in [0.2, 0.25) is 0 Å². The zero-order valence-electron chi connectivity index (χ0n) is 14.3. The van der Waals surface area contributed by atoms with Gasteiger partial charge in [0.25, 0.3) is 0 Å². The summed E-state index contributed by atoms with van der Waals surface area (Å²) in [5, 5.41) is 3.13. The highest BCUT2D eigenvalue weighted by Crippen LogP contribution is 2.24. The van der Waals surface area contributed by atoms with Gasteiger partial charge in [-0.2, -0.15) is 0 Å². The molecule has 0 saturated carbocycles. The highest BCUT2D eigenvalue weighted by Gasteiger charge is 2.22. The van der Waals surface area contributed by atoms with E-state index in [1.807, 2.05) is 13.8 Å². The van der Waals surface area contributed by atoms with E-state index in [-0.39, 0.29) is 11.8 Å². The van der Waals surface area contributed by atoms with Crippen molar-refractivity contribution in [1.82, 2.24) is 10.2 Å². The smallest absolute Gasteiger partial charge is 0.222 e. The number of likely N-dealkylation sites (tertiary alicyclic amines) is 1. The number of carbonyl (C=O) groups excluding carboxylic acids is 1. The topological polar surface area (TPSA) is 32.3 Å². The van der Waals surface area contributed by atoms with Gasteiger partial charge in [-0.3, -0.25) is 9.69 Å². The molecule has 3 heteroatoms. The first-order chi connectivity index (χ1) is 10.6. The maximum atomic E-state index is 12.0. The fraction of sp³-hybridized carbons (Fsp3) is 0.632. The van der Waals surface area contributed by atoms with Gasteiger partial charge in [0.15, 0.2) is 0 Å². The van der Waals surface area contributed by atoms with Crippen LogP contribution < -0.4 is 5.32 Å². The van der Waals surface area contributed by atoms with Crippen molar-refractivity contribution in [1.29, 1.82) is 0 Å². The molecule has 1 saturated heterocycles. The molecule has 1 aromatic carbocycles. The van der Waals surface area contributed by atoms with Crippen molar-refractivity contribution in [2.45, 2.75) is 52.5 Å². The fourth-order valence-corrected chi connectivity index (χ4v) is 3.05. The second-order valence-electron chi connectivity index (χ2n) is 6.78. The molecule has 1 unspecified atom stereocenters. The van der Waals surface area contributed by atoms with Gasteiger partial charge in [0.1, 0.15) is 0 Å². The number of benzene rings is 1. The highest BCUT2D eigenvalue weighted by atomic mass is 16.1. The van der Waals surface area contributed by atoms with Crippen LogP contribution in [0.3, 0.4) is 0 Å². The van der Waals surface area contributed by atoms with Crippen molar-refractivity contribution in [3.8, 4) is 0 Å². The van der Waals surface area contributed by atoms with E-state index in [1.54, 1.807) is 0 Å². The van der Waals surface area contributed by atoms with E-state index >= 15 is 0 Å². The maximum absolute atomic E-state index is 12.0. The van der Waals surface area contributed by atoms with Gasteiger partial charge in [-0.15, -0.1) is 0 Å². The molecule has 1 aromatic rings. The Kier molecular flexibility index (Phi) is 6.44. The molecule has 1 heterocycles. The van der Waals surface area contributed by atoms with Crippen LogP contribution in [0.5, 0.6) is 0 Å². The number of hydrogen-bond acceptors (Lipinski definition) is 2. The van der Waals surface area contributed by atoms with Crippen molar-refractivity contribution in [3.05, 3.63) is 35.4 Å². The number of nitrogens with zero attached hydrogens (tertiary/aromatic N) is 1. The number of amides is 1. The summed E-state index contributed by atoms with van der Waals surface area (Å²) in [4.78, 5) is 14.5. The second kappa shape index (κ2) is 8.33. The Morgan fingerprint density at radius 3 is 2.23 bits per heavy atom. The Morgan fingerprint density at radius 1 is 1.09 bits per heavy atom. The Balaban J connectivity index is 2.11. The van der Waals surface area contributed by atoms with Gasteiger partial charge >= 0.3 is 0 Å². The van der Waals surface area contributed by atoms with Crippen molar-refractivity contribution in [3.63, 3.8) is 0 Å². The summed E-state index contributed by atoms with van der Waals surface area (Å²) in [6.45, 7) is 8.99. The lowest BCUT2D eigenvalue weighted by molar-refractivity contribution is -0.124. The molecule has 1 N–H and O–H groups in total. The van der Waals surface area contributed by atoms with Gasteiger partial charge < -0.3 is 5.32 Å². The van der Waals surface area contributed by atoms with Gasteiger partial charge in [0, 0.05) is 12.5 Å². The van der Waals surface area contributed by atoms with Crippen LogP contribution >= 0.6 is 0 Å². The molecule has 0 aliphatic carbocycles. The maximum Gasteiger partial charge on any atom is 0.222 e. The molecule has 0 radical (unpaired) electrons. The first kappa shape index (κ1) is 17.0. The first-order valence-electron chi connectivity index (χ1n) is 8.66. The lowest BCUT2D eigenvalue weighted by Crippen LogP contribution is -2.39. The predicted molar refractivity (Wildman–Crippen MR) is 91.8 cm³/mol. The van der Waals surface area contributed by atoms with Crippen LogP contribution in [0.25, 0.3) is 0 Å². The molecule has 0 spiro atoms. The molecular formula is C19H30N2O. The summed E-state index contributed by atoms with van der Waals surface area (Å²) in [7, 11) is 0. The lowest BCUT2D eigenvalue weighted by Gasteiger charge is -2.31. The normalized spacial score (nSPS) is 18.0. The number of nitrogens with one attached hydrogen (secondary N) is 1. The third kappa shape index (κ3) is 4.84. The van der Waals surface area contributed by atoms with E-state index in [2.05, 4.69) is 41.4 Å². The summed E-state index contributed by atoms with van der Waals surface area (Å²) in [6.07, 6.45) is 5.19. The summed E-state index contributed by atoms with van der Waals surface area (Å²) >= 11 is 0. The molecule has 1 fully saturated rings. The fourth-order valence-electron chi connectivity index (χ4n) is 3.05. The van der Waals surface area contributed by atoms with Gasteiger partial charge in [-0.05, 0) is 38.4 Å². The Hall–Kier alpha value is -1.35. The predicted octanol–water partition coefficient (Wildman–Crippen LogP) is 3.68. The van der Waals surface area contributed by atoms with E-state index in [0.29, 0.717) is 12.6 Å². The Morgan fingerprint density at radius 2 is 1.68 bits per heavy atom. The Bertz CT molecular complexity index is 459. The van der Waals surface area contributed by atoms with E-state index in [0.717, 1.165) is 13.1 Å². The minimum atomic E-state index is 0.0443. The average molecular weight is 302 g/mol. The van der Waals surface area contributed by atoms with Gasteiger partial charge in [0.2, 0.25) is 5.91 Å². The van der Waals surface area contributed by atoms with Crippen LogP contribution in [-0.2, 0) is 4.79 Å². The molecule has 1 aliphatic rings. The van der Waals surface area contributed by atoms with E-state index in [4.69, 9.17) is 0 Å². The molecule has 22 heavy (non-hydrogen) atoms. The third-order valence-corrected chi connectivity index (χ3v) is 4.54. The van der Waals surface area contributed by atoms with Crippen molar-refractivity contribution >= 4 is 5.91 Å². The molecule has 0 aromatic heterocycles. The van der Waals surface area contributed by atoms with Crippen LogP contribution in [0, 0.1) is 12.8 Å². The second-order valence-corrected chi connectivity index (χ2v) is 6.78. The number of hydrogen-bond donors (Lipinski definition) is 1. The molecule has 3 nitrogen and oxygen atoms in total. The van der Waals surface area contributed by atoms with Gasteiger partial charge in [-0.25, -0.2) is 0 Å². The first-order valence-corrected chi connectivity index (χ1v) is 8.66. The van der Waals surface area contributed by atoms with Crippen LogP contribution in [0.1, 0.15) is 56.7 Å². The molecule has 0 bridgehead atoms. The molecule has 1 atom stereocenters. The van der Waals surface area contributed by atoms with E-state index in [9.17, 15) is 4.79 Å². The van der Waals surface area contributed by atoms with E-state index < -0.39 is 0 Å². The molecule has 2 rings (SSSR count). The summed E-state index contributed by atoms with van der Waals surface area (Å²) in [5.74, 6) is 0.190. The van der Waals surface area contributed by atoms with Crippen LogP contribution in [0.4, 0.5) is 0 Å². The standard InChI is InChI=1S/C19H30N2O/c1-15(2)19(22)20-14-18(17-10-8-16(3)9-11-17)21-12-6-4-5-7-13-21/h8-11,15,18H,4-7,12-14H2,1-3H3,(H,20,22). The largest absolute Gasteiger partial charge is 0.354 e. The molecule has 122 valence electrons. The summed E-state index contributed by atoms with van der Waals surface area (Å²) < 4.78 is 0. The zero-order chi connectivity index (χ0) is 15.9. The SMILES string of the molecule is Cc1ccc(C(CNC(=O)C(C)C)N2CCCCCC2)cc1. The monoisotopic (exact) mass is 302 g/mol. The Labute approximate surface area is 135 Å². The van der Waals surface area contributed by atoms with Gasteiger partial charge in [0.05, 0.1) is 6.04 Å².